The lowest BCUT2D eigenvalue weighted by molar-refractivity contribution is -0.121. The summed E-state index contributed by atoms with van der Waals surface area (Å²) in [6, 6.07) is 0.546. The minimum Gasteiger partial charge on any atom is -0.380 e. The molecule has 0 bridgehead atoms. The Morgan fingerprint density at radius 3 is 3.00 bits per heavy atom. The highest BCUT2D eigenvalue weighted by Gasteiger charge is 2.18. The maximum atomic E-state index is 11.3. The summed E-state index contributed by atoms with van der Waals surface area (Å²) in [5, 5.41) is 10.4. The van der Waals surface area contributed by atoms with Crippen LogP contribution in [-0.4, -0.2) is 28.8 Å². The number of nitrogens with one attached hydrogen (secondary N) is 2. The molecule has 20 heavy (non-hydrogen) atoms. The van der Waals surface area contributed by atoms with Crippen LogP contribution in [-0.2, 0) is 11.3 Å². The molecule has 0 spiro atoms. The van der Waals surface area contributed by atoms with Crippen LogP contribution in [0.5, 0.6) is 0 Å². The number of nitrogens with zero attached hydrogens (tertiary/aromatic N) is 2. The highest BCUT2D eigenvalue weighted by Crippen LogP contribution is 2.27. The molecule has 1 aliphatic carbocycles. The van der Waals surface area contributed by atoms with Crippen LogP contribution in [0.25, 0.3) is 0 Å². The molecule has 1 aliphatic rings. The molecule has 1 saturated carbocycles. The average molecular weight is 278 g/mol. The predicted molar refractivity (Wildman–Crippen MR) is 80.6 cm³/mol. The SMILES string of the molecule is CCC1CCCC(Nc2cnn(CC(=O)NC)c2)CC1. The summed E-state index contributed by atoms with van der Waals surface area (Å²) >= 11 is 0. The van der Waals surface area contributed by atoms with E-state index in [0.717, 1.165) is 11.6 Å². The van der Waals surface area contributed by atoms with Crippen molar-refractivity contribution in [2.75, 3.05) is 12.4 Å². The van der Waals surface area contributed by atoms with E-state index in [0.29, 0.717) is 6.04 Å². The van der Waals surface area contributed by atoms with Crippen LogP contribution < -0.4 is 10.6 Å². The first-order chi connectivity index (χ1) is 9.71. The second-order valence-corrected chi connectivity index (χ2v) is 5.72. The Bertz CT molecular complexity index is 429. The van der Waals surface area contributed by atoms with Crippen LogP contribution in [0.2, 0.25) is 0 Å². The van der Waals surface area contributed by atoms with Gasteiger partial charge in [0.1, 0.15) is 6.54 Å². The zero-order valence-corrected chi connectivity index (χ0v) is 12.6. The fraction of sp³-hybridized carbons (Fsp3) is 0.733. The van der Waals surface area contributed by atoms with Gasteiger partial charge in [0, 0.05) is 19.3 Å². The fourth-order valence-corrected chi connectivity index (χ4v) is 2.92. The number of carbonyl (C=O) groups is 1. The standard InChI is InChI=1S/C15H26N4O/c1-3-12-5-4-6-13(8-7-12)18-14-9-17-19(10-14)11-15(20)16-2/h9-10,12-13,18H,3-8,11H2,1-2H3,(H,16,20). The lowest BCUT2D eigenvalue weighted by atomic mass is 9.98. The minimum absolute atomic E-state index is 0.0279. The molecule has 5 heteroatoms. The van der Waals surface area contributed by atoms with E-state index in [1.54, 1.807) is 11.7 Å². The molecule has 1 amide bonds. The average Bonchev–Trinajstić information content (AvgIpc) is 2.75. The van der Waals surface area contributed by atoms with Crippen molar-refractivity contribution in [1.29, 1.82) is 0 Å². The Morgan fingerprint density at radius 1 is 1.40 bits per heavy atom. The van der Waals surface area contributed by atoms with Crippen molar-refractivity contribution in [3.05, 3.63) is 12.4 Å². The molecule has 5 nitrogen and oxygen atoms in total. The summed E-state index contributed by atoms with van der Waals surface area (Å²) in [7, 11) is 1.64. The Hall–Kier alpha value is -1.52. The van der Waals surface area contributed by atoms with Crippen molar-refractivity contribution >= 4 is 11.6 Å². The normalized spacial score (nSPS) is 23.1. The van der Waals surface area contributed by atoms with E-state index in [2.05, 4.69) is 22.7 Å². The Kier molecular flexibility index (Phi) is 5.44. The van der Waals surface area contributed by atoms with Gasteiger partial charge in [-0.2, -0.15) is 5.10 Å². The molecule has 2 N–H and O–H groups in total. The van der Waals surface area contributed by atoms with Crippen molar-refractivity contribution in [3.8, 4) is 0 Å². The van der Waals surface area contributed by atoms with E-state index in [4.69, 9.17) is 0 Å². The third-order valence-electron chi connectivity index (χ3n) is 4.25. The topological polar surface area (TPSA) is 59.0 Å². The minimum atomic E-state index is -0.0279. The molecular formula is C15H26N4O. The number of hydrogen-bond donors (Lipinski definition) is 2. The lowest BCUT2D eigenvalue weighted by Gasteiger charge is -2.16. The first-order valence-corrected chi connectivity index (χ1v) is 7.70. The molecule has 2 atom stereocenters. The van der Waals surface area contributed by atoms with Gasteiger partial charge in [-0.1, -0.05) is 26.2 Å². The molecule has 0 radical (unpaired) electrons. The first-order valence-electron chi connectivity index (χ1n) is 7.70. The molecule has 0 aromatic carbocycles. The number of rotatable bonds is 5. The number of likely N-dealkylation sites (N-methyl/N-ethyl adjacent to an activating group) is 1. The van der Waals surface area contributed by atoms with E-state index < -0.39 is 0 Å². The number of aromatic nitrogens is 2. The van der Waals surface area contributed by atoms with Crippen LogP contribution in [0.1, 0.15) is 45.4 Å². The molecule has 2 rings (SSSR count). The molecule has 2 unspecified atom stereocenters. The molecule has 0 saturated heterocycles. The zero-order chi connectivity index (χ0) is 14.4. The lowest BCUT2D eigenvalue weighted by Crippen LogP contribution is -2.23. The largest absolute Gasteiger partial charge is 0.380 e. The number of carbonyl (C=O) groups excluding carboxylic acids is 1. The Labute approximate surface area is 121 Å². The highest BCUT2D eigenvalue weighted by atomic mass is 16.1. The monoisotopic (exact) mass is 278 g/mol. The van der Waals surface area contributed by atoms with E-state index in [-0.39, 0.29) is 12.5 Å². The molecular weight excluding hydrogens is 252 g/mol. The molecule has 112 valence electrons. The summed E-state index contributed by atoms with van der Waals surface area (Å²) in [5.74, 6) is 0.873. The molecule has 1 heterocycles. The van der Waals surface area contributed by atoms with Crippen LogP contribution in [0.15, 0.2) is 12.4 Å². The predicted octanol–water partition coefficient (Wildman–Crippen LogP) is 2.40. The van der Waals surface area contributed by atoms with Crippen molar-refractivity contribution in [2.45, 2.75) is 58.0 Å². The molecule has 1 fully saturated rings. The summed E-state index contributed by atoms with van der Waals surface area (Å²) < 4.78 is 1.67. The van der Waals surface area contributed by atoms with E-state index in [9.17, 15) is 4.79 Å². The van der Waals surface area contributed by atoms with Crippen LogP contribution in [0, 0.1) is 5.92 Å². The van der Waals surface area contributed by atoms with Crippen molar-refractivity contribution in [2.24, 2.45) is 5.92 Å². The smallest absolute Gasteiger partial charge is 0.241 e. The number of hydrogen-bond acceptors (Lipinski definition) is 3. The second kappa shape index (κ2) is 7.31. The van der Waals surface area contributed by atoms with Gasteiger partial charge in [0.25, 0.3) is 0 Å². The van der Waals surface area contributed by atoms with Gasteiger partial charge >= 0.3 is 0 Å². The summed E-state index contributed by atoms with van der Waals surface area (Å²) in [6.07, 6.45) is 11.5. The van der Waals surface area contributed by atoms with Crippen LogP contribution in [0.3, 0.4) is 0 Å². The highest BCUT2D eigenvalue weighted by molar-refractivity contribution is 5.75. The third kappa shape index (κ3) is 4.25. The van der Waals surface area contributed by atoms with Gasteiger partial charge in [-0.15, -0.1) is 0 Å². The molecule has 0 aliphatic heterocycles. The van der Waals surface area contributed by atoms with Gasteiger partial charge in [0.05, 0.1) is 11.9 Å². The Balaban J connectivity index is 1.85. The van der Waals surface area contributed by atoms with Gasteiger partial charge in [-0.3, -0.25) is 9.48 Å². The van der Waals surface area contributed by atoms with E-state index in [1.807, 2.05) is 12.4 Å². The van der Waals surface area contributed by atoms with Crippen molar-refractivity contribution in [3.63, 3.8) is 0 Å². The van der Waals surface area contributed by atoms with Crippen LogP contribution in [0.4, 0.5) is 5.69 Å². The quantitative estimate of drug-likeness (QED) is 0.813. The molecule has 1 aromatic rings. The second-order valence-electron chi connectivity index (χ2n) is 5.72. The van der Waals surface area contributed by atoms with Gasteiger partial charge in [-0.25, -0.2) is 0 Å². The maximum Gasteiger partial charge on any atom is 0.241 e. The zero-order valence-electron chi connectivity index (χ0n) is 12.6. The summed E-state index contributed by atoms with van der Waals surface area (Å²) in [6.45, 7) is 2.57. The fourth-order valence-electron chi connectivity index (χ4n) is 2.92. The molecule has 1 aromatic heterocycles. The van der Waals surface area contributed by atoms with Gasteiger partial charge < -0.3 is 10.6 Å². The van der Waals surface area contributed by atoms with E-state index in [1.165, 1.54) is 38.5 Å². The third-order valence-corrected chi connectivity index (χ3v) is 4.25. The summed E-state index contributed by atoms with van der Waals surface area (Å²) in [4.78, 5) is 11.3. The van der Waals surface area contributed by atoms with Gasteiger partial charge in [0.2, 0.25) is 5.91 Å². The van der Waals surface area contributed by atoms with Gasteiger partial charge in [-0.05, 0) is 25.2 Å². The Morgan fingerprint density at radius 2 is 2.25 bits per heavy atom. The number of amides is 1. The first kappa shape index (κ1) is 14.9. The van der Waals surface area contributed by atoms with Crippen molar-refractivity contribution < 1.29 is 4.79 Å². The van der Waals surface area contributed by atoms with Crippen LogP contribution >= 0.6 is 0 Å². The van der Waals surface area contributed by atoms with Gasteiger partial charge in [0.15, 0.2) is 0 Å². The number of anilines is 1. The van der Waals surface area contributed by atoms with E-state index >= 15 is 0 Å². The maximum absolute atomic E-state index is 11.3. The van der Waals surface area contributed by atoms with Crippen molar-refractivity contribution in [1.82, 2.24) is 15.1 Å². The summed E-state index contributed by atoms with van der Waals surface area (Å²) in [5.41, 5.74) is 1.02.